The molecule has 1 aliphatic heterocycles. The Kier molecular flexibility index (Phi) is 6.04. The maximum atomic E-state index is 12.5. The molecule has 2 aromatic carbocycles. The highest BCUT2D eigenvalue weighted by Gasteiger charge is 2.16. The van der Waals surface area contributed by atoms with Crippen LogP contribution in [0.15, 0.2) is 42.5 Å². The van der Waals surface area contributed by atoms with Crippen molar-refractivity contribution < 1.29 is 9.53 Å². The van der Waals surface area contributed by atoms with Crippen LogP contribution in [-0.4, -0.2) is 25.6 Å². The molecular formula is C21H25ClN2O2. The van der Waals surface area contributed by atoms with E-state index in [1.807, 2.05) is 30.3 Å². The molecule has 1 saturated heterocycles. The van der Waals surface area contributed by atoms with E-state index < -0.39 is 0 Å². The van der Waals surface area contributed by atoms with Crippen molar-refractivity contribution in [3.05, 3.63) is 53.1 Å². The molecule has 0 radical (unpaired) electrons. The molecular weight excluding hydrogens is 348 g/mol. The summed E-state index contributed by atoms with van der Waals surface area (Å²) in [5.74, 6) is 0.961. The molecule has 5 heteroatoms. The van der Waals surface area contributed by atoms with Gasteiger partial charge in [-0.25, -0.2) is 0 Å². The molecule has 0 aromatic heterocycles. The van der Waals surface area contributed by atoms with E-state index in [2.05, 4.69) is 24.1 Å². The largest absolute Gasteiger partial charge is 0.493 e. The zero-order chi connectivity index (χ0) is 18.5. The Morgan fingerprint density at radius 3 is 2.65 bits per heavy atom. The Morgan fingerprint density at radius 2 is 1.96 bits per heavy atom. The summed E-state index contributed by atoms with van der Waals surface area (Å²) in [6, 6.07) is 12.9. The van der Waals surface area contributed by atoms with Crippen LogP contribution in [0.2, 0.25) is 5.02 Å². The van der Waals surface area contributed by atoms with Crippen molar-refractivity contribution in [1.29, 1.82) is 0 Å². The van der Waals surface area contributed by atoms with Crippen LogP contribution < -0.4 is 15.0 Å². The fourth-order valence-electron chi connectivity index (χ4n) is 2.99. The zero-order valence-electron chi connectivity index (χ0n) is 15.3. The van der Waals surface area contributed by atoms with E-state index in [0.29, 0.717) is 34.5 Å². The first-order chi connectivity index (χ1) is 12.5. The molecule has 1 fully saturated rings. The van der Waals surface area contributed by atoms with Crippen LogP contribution in [0.4, 0.5) is 11.4 Å². The van der Waals surface area contributed by atoms with Crippen LogP contribution >= 0.6 is 11.6 Å². The van der Waals surface area contributed by atoms with Crippen molar-refractivity contribution in [3.8, 4) is 5.75 Å². The molecule has 0 spiro atoms. The summed E-state index contributed by atoms with van der Waals surface area (Å²) in [5, 5.41) is 3.58. The van der Waals surface area contributed by atoms with Gasteiger partial charge in [-0.2, -0.15) is 0 Å². The third-order valence-electron chi connectivity index (χ3n) is 4.33. The van der Waals surface area contributed by atoms with Gasteiger partial charge in [0.15, 0.2) is 0 Å². The second kappa shape index (κ2) is 8.45. The molecule has 1 amide bonds. The van der Waals surface area contributed by atoms with E-state index in [1.54, 1.807) is 12.1 Å². The molecule has 138 valence electrons. The number of hydrogen-bond acceptors (Lipinski definition) is 3. The first kappa shape index (κ1) is 18.6. The van der Waals surface area contributed by atoms with Crippen molar-refractivity contribution in [2.24, 2.45) is 5.92 Å². The number of nitrogens with one attached hydrogen (secondary N) is 1. The Hall–Kier alpha value is -2.20. The molecule has 2 aromatic rings. The second-order valence-electron chi connectivity index (χ2n) is 7.05. The number of ether oxygens (including phenoxy) is 1. The summed E-state index contributed by atoms with van der Waals surface area (Å²) < 4.78 is 5.69. The molecule has 3 rings (SSSR count). The van der Waals surface area contributed by atoms with Crippen molar-refractivity contribution in [3.63, 3.8) is 0 Å². The topological polar surface area (TPSA) is 41.6 Å². The number of amides is 1. The molecule has 0 aliphatic carbocycles. The maximum absolute atomic E-state index is 12.5. The third-order valence-corrected chi connectivity index (χ3v) is 4.63. The zero-order valence-corrected chi connectivity index (χ0v) is 16.1. The number of benzene rings is 2. The van der Waals surface area contributed by atoms with Crippen molar-refractivity contribution in [2.45, 2.75) is 26.7 Å². The van der Waals surface area contributed by atoms with Crippen molar-refractivity contribution in [2.75, 3.05) is 29.9 Å². The van der Waals surface area contributed by atoms with Gasteiger partial charge in [-0.1, -0.05) is 31.5 Å². The average molecular weight is 373 g/mol. The number of rotatable bonds is 6. The number of carbonyl (C=O) groups excluding carboxylic acids is 1. The maximum Gasteiger partial charge on any atom is 0.255 e. The fourth-order valence-corrected chi connectivity index (χ4v) is 3.29. The van der Waals surface area contributed by atoms with Crippen molar-refractivity contribution in [1.82, 2.24) is 0 Å². The van der Waals surface area contributed by atoms with Crippen LogP contribution in [-0.2, 0) is 0 Å². The van der Waals surface area contributed by atoms with Gasteiger partial charge < -0.3 is 15.0 Å². The lowest BCUT2D eigenvalue weighted by molar-refractivity contribution is 0.102. The molecule has 1 N–H and O–H groups in total. The van der Waals surface area contributed by atoms with Gasteiger partial charge in [0.25, 0.3) is 5.91 Å². The molecule has 26 heavy (non-hydrogen) atoms. The Morgan fingerprint density at radius 1 is 1.19 bits per heavy atom. The third kappa shape index (κ3) is 4.70. The lowest BCUT2D eigenvalue weighted by atomic mass is 10.2. The number of carbonyl (C=O) groups is 1. The van der Waals surface area contributed by atoms with Crippen LogP contribution in [0.25, 0.3) is 0 Å². The standard InChI is InChI=1S/C21H25ClN2O2/c1-15(2)14-26-18-7-5-6-16(12-18)21(25)23-17-8-9-20(19(22)13-17)24-10-3-4-11-24/h5-9,12-13,15H,3-4,10-11,14H2,1-2H3,(H,23,25). The summed E-state index contributed by atoms with van der Waals surface area (Å²) >= 11 is 6.42. The van der Waals surface area contributed by atoms with Gasteiger partial charge >= 0.3 is 0 Å². The molecule has 0 saturated carbocycles. The summed E-state index contributed by atoms with van der Waals surface area (Å²) in [4.78, 5) is 14.8. The van der Waals surface area contributed by atoms with Crippen LogP contribution in [0.3, 0.4) is 0 Å². The van der Waals surface area contributed by atoms with E-state index >= 15 is 0 Å². The first-order valence-electron chi connectivity index (χ1n) is 9.11. The van der Waals surface area contributed by atoms with E-state index in [9.17, 15) is 4.79 Å². The minimum Gasteiger partial charge on any atom is -0.493 e. The lowest BCUT2D eigenvalue weighted by Gasteiger charge is -2.19. The lowest BCUT2D eigenvalue weighted by Crippen LogP contribution is -2.18. The number of anilines is 2. The van der Waals surface area contributed by atoms with Gasteiger partial charge in [-0.15, -0.1) is 0 Å². The summed E-state index contributed by atoms with van der Waals surface area (Å²) in [6.45, 7) is 6.88. The molecule has 0 unspecified atom stereocenters. The minimum atomic E-state index is -0.176. The van der Waals surface area contributed by atoms with E-state index in [4.69, 9.17) is 16.3 Å². The van der Waals surface area contributed by atoms with Crippen molar-refractivity contribution >= 4 is 28.9 Å². The summed E-state index contributed by atoms with van der Waals surface area (Å²) in [7, 11) is 0. The molecule has 0 bridgehead atoms. The average Bonchev–Trinajstić information content (AvgIpc) is 3.14. The normalized spacial score (nSPS) is 13.9. The monoisotopic (exact) mass is 372 g/mol. The smallest absolute Gasteiger partial charge is 0.255 e. The Balaban J connectivity index is 1.67. The molecule has 4 nitrogen and oxygen atoms in total. The second-order valence-corrected chi connectivity index (χ2v) is 7.45. The SMILES string of the molecule is CC(C)COc1cccc(C(=O)Nc2ccc(N3CCCC3)c(Cl)c2)c1. The number of hydrogen-bond donors (Lipinski definition) is 1. The van der Waals surface area contributed by atoms with Crippen LogP contribution in [0.5, 0.6) is 5.75 Å². The predicted octanol–water partition coefficient (Wildman–Crippen LogP) is 5.23. The van der Waals surface area contributed by atoms with E-state index in [0.717, 1.165) is 18.8 Å². The van der Waals surface area contributed by atoms with E-state index in [1.165, 1.54) is 12.8 Å². The van der Waals surface area contributed by atoms with Crippen LogP contribution in [0, 0.1) is 5.92 Å². The predicted molar refractivity (Wildman–Crippen MR) is 108 cm³/mol. The summed E-state index contributed by atoms with van der Waals surface area (Å²) in [6.07, 6.45) is 2.40. The molecule has 1 heterocycles. The van der Waals surface area contributed by atoms with Gasteiger partial charge in [0.05, 0.1) is 17.3 Å². The Bertz CT molecular complexity index is 770. The highest BCUT2D eigenvalue weighted by molar-refractivity contribution is 6.33. The van der Waals surface area contributed by atoms with Gasteiger partial charge in [-0.3, -0.25) is 4.79 Å². The first-order valence-corrected chi connectivity index (χ1v) is 9.49. The molecule has 0 atom stereocenters. The van der Waals surface area contributed by atoms with Gasteiger partial charge in [-0.05, 0) is 55.2 Å². The highest BCUT2D eigenvalue weighted by atomic mass is 35.5. The van der Waals surface area contributed by atoms with Gasteiger partial charge in [0.1, 0.15) is 5.75 Å². The molecule has 1 aliphatic rings. The van der Waals surface area contributed by atoms with Gasteiger partial charge in [0, 0.05) is 24.3 Å². The number of nitrogens with zero attached hydrogens (tertiary/aromatic N) is 1. The van der Waals surface area contributed by atoms with Gasteiger partial charge in [0.2, 0.25) is 0 Å². The highest BCUT2D eigenvalue weighted by Crippen LogP contribution is 2.31. The quantitative estimate of drug-likeness (QED) is 0.755. The minimum absolute atomic E-state index is 0.176. The van der Waals surface area contributed by atoms with E-state index in [-0.39, 0.29) is 5.91 Å². The Labute approximate surface area is 160 Å². The summed E-state index contributed by atoms with van der Waals surface area (Å²) in [5.41, 5.74) is 2.29. The fraction of sp³-hybridized carbons (Fsp3) is 0.381. The number of halogens is 1. The van der Waals surface area contributed by atoms with Crippen LogP contribution in [0.1, 0.15) is 37.0 Å².